The van der Waals surface area contributed by atoms with E-state index >= 15 is 0 Å². The van der Waals surface area contributed by atoms with E-state index in [0.29, 0.717) is 30.6 Å². The van der Waals surface area contributed by atoms with E-state index in [-0.39, 0.29) is 24.4 Å². The van der Waals surface area contributed by atoms with Gasteiger partial charge in [-0.25, -0.2) is 4.79 Å². The van der Waals surface area contributed by atoms with Crippen LogP contribution in [0.15, 0.2) is 46.9 Å². The molecule has 0 atom stereocenters. The molecule has 0 saturated carbocycles. The number of hydrogen-bond acceptors (Lipinski definition) is 4. The van der Waals surface area contributed by atoms with Gasteiger partial charge in [0.25, 0.3) is 11.8 Å². The molecule has 1 aliphatic heterocycles. The van der Waals surface area contributed by atoms with E-state index in [2.05, 4.69) is 26.6 Å². The number of ether oxygens (including phenoxy) is 1. The van der Waals surface area contributed by atoms with Gasteiger partial charge in [-0.2, -0.15) is 0 Å². The minimum Gasteiger partial charge on any atom is -0.497 e. The molecule has 0 fully saturated rings. The predicted octanol–water partition coefficient (Wildman–Crippen LogP) is 2.94. The van der Waals surface area contributed by atoms with Crippen molar-refractivity contribution in [1.29, 1.82) is 0 Å². The van der Waals surface area contributed by atoms with Gasteiger partial charge >= 0.3 is 6.03 Å². The normalized spacial score (nSPS) is 12.7. The van der Waals surface area contributed by atoms with E-state index in [0.717, 1.165) is 15.8 Å². The molecular formula is C20H20BrN3O4. The summed E-state index contributed by atoms with van der Waals surface area (Å²) in [6.45, 7) is 0.997. The third kappa shape index (κ3) is 4.51. The summed E-state index contributed by atoms with van der Waals surface area (Å²) in [5.74, 6) is 0.162. The van der Waals surface area contributed by atoms with Gasteiger partial charge in [0.15, 0.2) is 0 Å². The molecule has 0 spiro atoms. The molecule has 0 bridgehead atoms. The number of urea groups is 1. The zero-order valence-corrected chi connectivity index (χ0v) is 16.9. The maximum Gasteiger partial charge on any atom is 0.315 e. The number of halogens is 1. The first-order valence-corrected chi connectivity index (χ1v) is 9.59. The third-order valence-corrected chi connectivity index (χ3v) is 4.88. The number of nitrogens with one attached hydrogen (secondary N) is 2. The highest BCUT2D eigenvalue weighted by molar-refractivity contribution is 9.10. The van der Waals surface area contributed by atoms with Gasteiger partial charge in [0, 0.05) is 24.1 Å². The van der Waals surface area contributed by atoms with Crippen molar-refractivity contribution in [2.24, 2.45) is 0 Å². The second kappa shape index (κ2) is 8.88. The quantitative estimate of drug-likeness (QED) is 0.506. The fourth-order valence-corrected chi connectivity index (χ4v) is 3.25. The van der Waals surface area contributed by atoms with Crippen molar-refractivity contribution in [2.75, 3.05) is 20.2 Å². The van der Waals surface area contributed by atoms with Crippen LogP contribution >= 0.6 is 15.9 Å². The van der Waals surface area contributed by atoms with Crippen molar-refractivity contribution in [1.82, 2.24) is 15.5 Å². The van der Waals surface area contributed by atoms with Crippen LogP contribution in [0.5, 0.6) is 5.75 Å². The maximum absolute atomic E-state index is 12.4. The van der Waals surface area contributed by atoms with Crippen LogP contribution in [0, 0.1) is 0 Å². The average Bonchev–Trinajstić information content (AvgIpc) is 2.94. The van der Waals surface area contributed by atoms with Crippen LogP contribution in [0.4, 0.5) is 4.79 Å². The Morgan fingerprint density at radius 1 is 1.04 bits per heavy atom. The SMILES string of the molecule is COc1ccc(CNC(=O)NCCCN2C(=O)c3ccc(Br)cc3C2=O)cc1. The first kappa shape index (κ1) is 19.9. The fraction of sp³-hybridized carbons (Fsp3) is 0.250. The molecule has 28 heavy (non-hydrogen) atoms. The van der Waals surface area contributed by atoms with E-state index in [9.17, 15) is 14.4 Å². The lowest BCUT2D eigenvalue weighted by Crippen LogP contribution is -2.37. The summed E-state index contributed by atoms with van der Waals surface area (Å²) in [4.78, 5) is 37.8. The molecule has 0 aliphatic carbocycles. The summed E-state index contributed by atoms with van der Waals surface area (Å²) in [6, 6.07) is 12.1. The number of hydrogen-bond donors (Lipinski definition) is 2. The molecule has 7 nitrogen and oxygen atoms in total. The van der Waals surface area contributed by atoms with Crippen molar-refractivity contribution in [3.05, 3.63) is 63.6 Å². The smallest absolute Gasteiger partial charge is 0.315 e. The summed E-state index contributed by atoms with van der Waals surface area (Å²) in [5.41, 5.74) is 1.77. The van der Waals surface area contributed by atoms with Crippen LogP contribution in [-0.4, -0.2) is 42.9 Å². The van der Waals surface area contributed by atoms with Crippen molar-refractivity contribution in [2.45, 2.75) is 13.0 Å². The minimum atomic E-state index is -0.304. The lowest BCUT2D eigenvalue weighted by molar-refractivity contribution is 0.0653. The van der Waals surface area contributed by atoms with Gasteiger partial charge in [0.05, 0.1) is 18.2 Å². The number of amides is 4. The molecule has 146 valence electrons. The molecule has 0 radical (unpaired) electrons. The summed E-state index contributed by atoms with van der Waals surface area (Å²) in [5, 5.41) is 5.49. The zero-order valence-electron chi connectivity index (χ0n) is 15.3. The third-order valence-electron chi connectivity index (χ3n) is 4.39. The molecule has 0 unspecified atom stereocenters. The zero-order chi connectivity index (χ0) is 20.1. The van der Waals surface area contributed by atoms with Crippen molar-refractivity contribution in [3.8, 4) is 5.75 Å². The Labute approximate surface area is 171 Å². The lowest BCUT2D eigenvalue weighted by atomic mass is 10.1. The van der Waals surface area contributed by atoms with Crippen LogP contribution in [0.3, 0.4) is 0 Å². The van der Waals surface area contributed by atoms with Crippen LogP contribution < -0.4 is 15.4 Å². The van der Waals surface area contributed by atoms with Gasteiger partial charge < -0.3 is 15.4 Å². The Morgan fingerprint density at radius 3 is 2.46 bits per heavy atom. The van der Waals surface area contributed by atoms with Crippen molar-refractivity contribution < 1.29 is 19.1 Å². The van der Waals surface area contributed by atoms with Crippen LogP contribution in [0.1, 0.15) is 32.7 Å². The number of carbonyl (C=O) groups excluding carboxylic acids is 3. The Kier molecular flexibility index (Phi) is 6.30. The molecule has 4 amide bonds. The molecule has 0 aromatic heterocycles. The average molecular weight is 446 g/mol. The Bertz CT molecular complexity index is 899. The first-order valence-electron chi connectivity index (χ1n) is 8.80. The van der Waals surface area contributed by atoms with E-state index < -0.39 is 0 Å². The van der Waals surface area contributed by atoms with Gasteiger partial charge in [-0.3, -0.25) is 14.5 Å². The molecule has 2 aromatic carbocycles. The highest BCUT2D eigenvalue weighted by Crippen LogP contribution is 2.25. The van der Waals surface area contributed by atoms with Gasteiger partial charge in [-0.15, -0.1) is 0 Å². The second-order valence-corrected chi connectivity index (χ2v) is 7.18. The number of nitrogens with zero attached hydrogens (tertiary/aromatic N) is 1. The van der Waals surface area contributed by atoms with Gasteiger partial charge in [0.2, 0.25) is 0 Å². The molecule has 0 saturated heterocycles. The largest absolute Gasteiger partial charge is 0.497 e. The van der Waals surface area contributed by atoms with Crippen molar-refractivity contribution >= 4 is 33.8 Å². The Morgan fingerprint density at radius 2 is 1.75 bits per heavy atom. The van der Waals surface area contributed by atoms with Crippen LogP contribution in [0.25, 0.3) is 0 Å². The van der Waals surface area contributed by atoms with Crippen LogP contribution in [0.2, 0.25) is 0 Å². The summed E-state index contributed by atoms with van der Waals surface area (Å²) < 4.78 is 5.84. The predicted molar refractivity (Wildman–Crippen MR) is 107 cm³/mol. The summed E-state index contributed by atoms with van der Waals surface area (Å²) in [6.07, 6.45) is 0.475. The molecule has 1 heterocycles. The van der Waals surface area contributed by atoms with E-state index in [4.69, 9.17) is 4.74 Å². The monoisotopic (exact) mass is 445 g/mol. The van der Waals surface area contributed by atoms with E-state index in [1.807, 2.05) is 24.3 Å². The Balaban J connectivity index is 1.40. The molecule has 2 aromatic rings. The summed E-state index contributed by atoms with van der Waals surface area (Å²) in [7, 11) is 1.60. The number of fused-ring (bicyclic) bond motifs is 1. The van der Waals surface area contributed by atoms with Gasteiger partial charge in [-0.05, 0) is 42.3 Å². The second-order valence-electron chi connectivity index (χ2n) is 6.26. The highest BCUT2D eigenvalue weighted by Gasteiger charge is 2.34. The van der Waals surface area contributed by atoms with E-state index in [1.54, 1.807) is 25.3 Å². The molecule has 8 heteroatoms. The van der Waals surface area contributed by atoms with Gasteiger partial charge in [0.1, 0.15) is 5.75 Å². The van der Waals surface area contributed by atoms with E-state index in [1.165, 1.54) is 4.90 Å². The molecule has 3 rings (SSSR count). The molecular weight excluding hydrogens is 426 g/mol. The summed E-state index contributed by atoms with van der Waals surface area (Å²) >= 11 is 3.31. The van der Waals surface area contributed by atoms with Gasteiger partial charge in [-0.1, -0.05) is 28.1 Å². The van der Waals surface area contributed by atoms with Crippen LogP contribution in [-0.2, 0) is 6.54 Å². The number of carbonyl (C=O) groups is 3. The maximum atomic E-state index is 12.4. The number of imide groups is 1. The topological polar surface area (TPSA) is 87.7 Å². The molecule has 2 N–H and O–H groups in total. The van der Waals surface area contributed by atoms with Crippen molar-refractivity contribution in [3.63, 3.8) is 0 Å². The standard InChI is InChI=1S/C20H20BrN3O4/c1-28-15-6-3-13(4-7-15)12-23-20(27)22-9-2-10-24-18(25)16-8-5-14(21)11-17(16)19(24)26/h3-8,11H,2,9-10,12H2,1H3,(H2,22,23,27). The molecule has 1 aliphatic rings. The minimum absolute atomic E-state index is 0.253. The highest BCUT2D eigenvalue weighted by atomic mass is 79.9. The number of rotatable bonds is 7. The number of methoxy groups -OCH3 is 1. The first-order chi connectivity index (χ1) is 13.5. The Hall–Kier alpha value is -2.87. The fourth-order valence-electron chi connectivity index (χ4n) is 2.89. The lowest BCUT2D eigenvalue weighted by Gasteiger charge is -2.14. The number of benzene rings is 2.